The molecule has 0 saturated heterocycles. The Bertz CT molecular complexity index is 666. The van der Waals surface area contributed by atoms with Crippen LogP contribution in [0.1, 0.15) is 98.8 Å². The zero-order chi connectivity index (χ0) is 21.7. The van der Waals surface area contributed by atoms with Crippen molar-refractivity contribution in [2.45, 2.75) is 105 Å². The van der Waals surface area contributed by atoms with Gasteiger partial charge in [0.15, 0.2) is 0 Å². The van der Waals surface area contributed by atoms with Gasteiger partial charge in [0.05, 0.1) is 6.10 Å². The van der Waals surface area contributed by atoms with Crippen molar-refractivity contribution in [2.24, 2.45) is 52.3 Å². The first-order valence-corrected chi connectivity index (χ1v) is 13.0. The van der Waals surface area contributed by atoms with Crippen LogP contribution in [0.25, 0.3) is 0 Å². The molecule has 3 fully saturated rings. The van der Waals surface area contributed by atoms with Crippen LogP contribution < -0.4 is 0 Å². The molecule has 1 N–H and O–H groups in total. The first-order valence-electron chi connectivity index (χ1n) is 13.0. The summed E-state index contributed by atoms with van der Waals surface area (Å²) >= 11 is 0. The van der Waals surface area contributed by atoms with E-state index in [2.05, 4.69) is 40.7 Å². The highest BCUT2D eigenvalue weighted by Gasteiger charge is 2.60. The van der Waals surface area contributed by atoms with Crippen molar-refractivity contribution in [2.75, 3.05) is 0 Å². The number of carbonyl (C=O) groups excluding carboxylic acids is 1. The molecule has 1 unspecified atom stereocenters. The van der Waals surface area contributed by atoms with Crippen molar-refractivity contribution in [3.8, 4) is 0 Å². The number of hydrogen-bond donors (Lipinski definition) is 1. The van der Waals surface area contributed by atoms with Crippen molar-refractivity contribution in [3.63, 3.8) is 0 Å². The van der Waals surface area contributed by atoms with Crippen LogP contribution >= 0.6 is 0 Å². The van der Waals surface area contributed by atoms with Gasteiger partial charge in [-0.3, -0.25) is 0 Å². The van der Waals surface area contributed by atoms with Crippen LogP contribution in [0.4, 0.5) is 0 Å². The summed E-state index contributed by atoms with van der Waals surface area (Å²) in [6.07, 6.45) is 15.5. The molecule has 0 spiro atoms. The van der Waals surface area contributed by atoms with Crippen LogP contribution in [0.5, 0.6) is 0 Å². The normalized spacial score (nSPS) is 46.6. The molecular weight excluding hydrogens is 368 g/mol. The Morgan fingerprint density at radius 2 is 1.90 bits per heavy atom. The standard InChI is InChI=1S/C28H46O2/c1-18(2)7-6-8-19(3)24-11-12-25-23-10-9-20-15-22(30)16-21(17-29)28(20,5)26(23)13-14-27(24,25)4/h9,17-19,21-26,30H,6-8,10-16H2,1-5H3/t19-,21?,22-,23+,24-,25+,26+,27-,28+/m1/s1. The van der Waals surface area contributed by atoms with Gasteiger partial charge in [-0.1, -0.05) is 65.5 Å². The minimum absolute atomic E-state index is 0.00295. The molecule has 170 valence electrons. The molecule has 0 heterocycles. The number of allylic oxidation sites excluding steroid dienone is 1. The fourth-order valence-electron chi connectivity index (χ4n) is 9.01. The van der Waals surface area contributed by atoms with Crippen molar-refractivity contribution >= 4 is 6.29 Å². The van der Waals surface area contributed by atoms with Crippen LogP contribution in [0.15, 0.2) is 11.6 Å². The van der Waals surface area contributed by atoms with Gasteiger partial charge in [0.1, 0.15) is 6.29 Å². The lowest BCUT2D eigenvalue weighted by Gasteiger charge is -2.59. The Morgan fingerprint density at radius 3 is 2.60 bits per heavy atom. The molecule has 2 heteroatoms. The zero-order valence-electron chi connectivity index (χ0n) is 20.2. The SMILES string of the molecule is CC(C)CCC[C@@H](C)[C@H]1CC[C@H]2[C@@H]3CC=C4C[C@@H](O)CC(C=O)[C@@]4(C)[C@H]3CC[C@]12C. The maximum atomic E-state index is 12.1. The maximum absolute atomic E-state index is 12.1. The topological polar surface area (TPSA) is 37.3 Å². The predicted octanol–water partition coefficient (Wildman–Crippen LogP) is 6.81. The lowest BCUT2D eigenvalue weighted by atomic mass is 9.45. The van der Waals surface area contributed by atoms with Gasteiger partial charge in [0, 0.05) is 11.3 Å². The minimum atomic E-state index is -0.326. The highest BCUT2D eigenvalue weighted by molar-refractivity contribution is 5.58. The van der Waals surface area contributed by atoms with Crippen LogP contribution in [-0.4, -0.2) is 17.5 Å². The zero-order valence-corrected chi connectivity index (χ0v) is 20.2. The number of aldehydes is 1. The molecule has 0 aromatic rings. The Balaban J connectivity index is 1.54. The van der Waals surface area contributed by atoms with Gasteiger partial charge in [-0.25, -0.2) is 0 Å². The highest BCUT2D eigenvalue weighted by Crippen LogP contribution is 2.68. The van der Waals surface area contributed by atoms with Crippen LogP contribution in [0.2, 0.25) is 0 Å². The van der Waals surface area contributed by atoms with Crippen molar-refractivity contribution < 1.29 is 9.90 Å². The Hall–Kier alpha value is -0.630. The smallest absolute Gasteiger partial charge is 0.124 e. The summed E-state index contributed by atoms with van der Waals surface area (Å²) in [6, 6.07) is 0. The van der Waals surface area contributed by atoms with E-state index in [4.69, 9.17) is 0 Å². The predicted molar refractivity (Wildman–Crippen MR) is 124 cm³/mol. The Kier molecular flexibility index (Phi) is 6.30. The highest BCUT2D eigenvalue weighted by atomic mass is 16.3. The average Bonchev–Trinajstić information content (AvgIpc) is 3.05. The van der Waals surface area contributed by atoms with E-state index in [-0.39, 0.29) is 17.4 Å². The quantitative estimate of drug-likeness (QED) is 0.383. The number of rotatable bonds is 6. The second-order valence-electron chi connectivity index (χ2n) is 12.5. The molecule has 3 saturated carbocycles. The third kappa shape index (κ3) is 3.54. The van der Waals surface area contributed by atoms with E-state index in [0.717, 1.165) is 36.0 Å². The molecule has 0 bridgehead atoms. The molecule has 4 aliphatic carbocycles. The van der Waals surface area contributed by atoms with Crippen LogP contribution in [0, 0.1) is 52.3 Å². The van der Waals surface area contributed by atoms with E-state index in [1.54, 1.807) is 0 Å². The molecule has 0 aliphatic heterocycles. The monoisotopic (exact) mass is 414 g/mol. The summed E-state index contributed by atoms with van der Waals surface area (Å²) in [4.78, 5) is 12.1. The van der Waals surface area contributed by atoms with Gasteiger partial charge in [0.2, 0.25) is 0 Å². The van der Waals surface area contributed by atoms with Gasteiger partial charge >= 0.3 is 0 Å². The lowest BCUT2D eigenvalue weighted by Crippen LogP contribution is -2.54. The maximum Gasteiger partial charge on any atom is 0.124 e. The van der Waals surface area contributed by atoms with Gasteiger partial charge in [-0.05, 0) is 85.9 Å². The fourth-order valence-corrected chi connectivity index (χ4v) is 9.01. The number of fused-ring (bicyclic) bond motifs is 5. The van der Waals surface area contributed by atoms with E-state index < -0.39 is 0 Å². The number of aliphatic hydroxyl groups is 1. The Labute approximate surface area is 185 Å². The van der Waals surface area contributed by atoms with E-state index in [9.17, 15) is 9.90 Å². The lowest BCUT2D eigenvalue weighted by molar-refractivity contribution is -0.124. The van der Waals surface area contributed by atoms with Gasteiger partial charge in [-0.2, -0.15) is 0 Å². The number of carbonyl (C=O) groups is 1. The van der Waals surface area contributed by atoms with Crippen molar-refractivity contribution in [1.29, 1.82) is 0 Å². The molecule has 4 rings (SSSR count). The van der Waals surface area contributed by atoms with E-state index in [0.29, 0.717) is 17.8 Å². The first kappa shape index (κ1) is 22.6. The minimum Gasteiger partial charge on any atom is -0.393 e. The molecule has 9 atom stereocenters. The third-order valence-corrected chi connectivity index (χ3v) is 10.7. The number of aliphatic hydroxyl groups excluding tert-OH is 1. The van der Waals surface area contributed by atoms with Gasteiger partial charge in [0.25, 0.3) is 0 Å². The molecular formula is C28H46O2. The Morgan fingerprint density at radius 1 is 1.13 bits per heavy atom. The summed E-state index contributed by atoms with van der Waals surface area (Å²) in [5.41, 5.74) is 1.89. The molecule has 2 nitrogen and oxygen atoms in total. The second-order valence-corrected chi connectivity index (χ2v) is 12.5. The molecule has 30 heavy (non-hydrogen) atoms. The van der Waals surface area contributed by atoms with Gasteiger partial charge < -0.3 is 9.90 Å². The van der Waals surface area contributed by atoms with Crippen molar-refractivity contribution in [3.05, 3.63) is 11.6 Å². The average molecular weight is 415 g/mol. The fraction of sp³-hybridized carbons (Fsp3) is 0.893. The first-order chi connectivity index (χ1) is 14.2. The van der Waals surface area contributed by atoms with E-state index in [1.165, 1.54) is 63.2 Å². The molecule has 0 amide bonds. The second kappa shape index (κ2) is 8.38. The van der Waals surface area contributed by atoms with Gasteiger partial charge in [-0.15, -0.1) is 0 Å². The molecule has 0 aromatic heterocycles. The largest absolute Gasteiger partial charge is 0.393 e. The summed E-state index contributed by atoms with van der Waals surface area (Å²) in [7, 11) is 0. The van der Waals surface area contributed by atoms with Crippen LogP contribution in [0.3, 0.4) is 0 Å². The summed E-state index contributed by atoms with van der Waals surface area (Å²) in [6.45, 7) is 12.2. The van der Waals surface area contributed by atoms with Crippen LogP contribution in [-0.2, 0) is 4.79 Å². The van der Waals surface area contributed by atoms with Crippen molar-refractivity contribution in [1.82, 2.24) is 0 Å². The molecule has 0 radical (unpaired) electrons. The molecule has 0 aromatic carbocycles. The number of hydrogen-bond acceptors (Lipinski definition) is 2. The van der Waals surface area contributed by atoms with E-state index in [1.807, 2.05) is 0 Å². The third-order valence-electron chi connectivity index (χ3n) is 10.7. The summed E-state index contributed by atoms with van der Waals surface area (Å²) < 4.78 is 0. The van der Waals surface area contributed by atoms with E-state index >= 15 is 0 Å². The summed E-state index contributed by atoms with van der Waals surface area (Å²) in [5.74, 6) is 4.73. The molecule has 4 aliphatic rings. The summed E-state index contributed by atoms with van der Waals surface area (Å²) in [5, 5.41) is 10.4.